The highest BCUT2D eigenvalue weighted by molar-refractivity contribution is 7.97. The Kier molecular flexibility index (Phi) is 3.77. The fourth-order valence-electron chi connectivity index (χ4n) is 2.35. The number of nitrogens with zero attached hydrogens (tertiary/aromatic N) is 1. The second-order valence-electron chi connectivity index (χ2n) is 4.69. The van der Waals surface area contributed by atoms with Crippen LogP contribution in [-0.4, -0.2) is 23.8 Å². The molecule has 2 aromatic carbocycles. The van der Waals surface area contributed by atoms with Gasteiger partial charge in [-0.1, -0.05) is 24.3 Å². The zero-order valence-corrected chi connectivity index (χ0v) is 12.3. The van der Waals surface area contributed by atoms with Gasteiger partial charge in [-0.15, -0.1) is 0 Å². The lowest BCUT2D eigenvalue weighted by Crippen LogP contribution is -2.29. The van der Waals surface area contributed by atoms with Crippen LogP contribution in [0.5, 0.6) is 0 Å². The fourth-order valence-corrected chi connectivity index (χ4v) is 2.85. The van der Waals surface area contributed by atoms with E-state index >= 15 is 0 Å². The Morgan fingerprint density at radius 1 is 0.952 bits per heavy atom. The third-order valence-electron chi connectivity index (χ3n) is 3.36. The summed E-state index contributed by atoms with van der Waals surface area (Å²) in [5, 5.41) is 0. The van der Waals surface area contributed by atoms with Crippen molar-refractivity contribution in [2.45, 2.75) is 11.4 Å². The lowest BCUT2D eigenvalue weighted by molar-refractivity contribution is 0.0642. The summed E-state index contributed by atoms with van der Waals surface area (Å²) in [5.41, 5.74) is 1.92. The Balaban J connectivity index is 1.80. The van der Waals surface area contributed by atoms with Gasteiger partial charge >= 0.3 is 0 Å². The molecule has 0 saturated carbocycles. The number of benzene rings is 2. The Morgan fingerprint density at radius 2 is 1.52 bits per heavy atom. The van der Waals surface area contributed by atoms with Gasteiger partial charge < -0.3 is 0 Å². The molecule has 3 rings (SSSR count). The normalized spacial score (nSPS) is 13.7. The highest BCUT2D eigenvalue weighted by Crippen LogP contribution is 2.24. The number of carbonyl (C=O) groups is 2. The van der Waals surface area contributed by atoms with E-state index in [0.29, 0.717) is 17.7 Å². The number of hydrogen-bond donors (Lipinski definition) is 1. The Labute approximate surface area is 127 Å². The predicted molar refractivity (Wildman–Crippen MR) is 82.0 cm³/mol. The number of amides is 2. The molecular weight excluding hydrogens is 284 g/mol. The van der Waals surface area contributed by atoms with E-state index in [1.54, 1.807) is 24.3 Å². The van der Waals surface area contributed by atoms with Crippen LogP contribution in [0, 0.1) is 0 Å². The minimum atomic E-state index is -0.218. The average Bonchev–Trinajstić information content (AvgIpc) is 2.75. The van der Waals surface area contributed by atoms with Crippen molar-refractivity contribution in [3.63, 3.8) is 0 Å². The molecule has 0 saturated heterocycles. The first-order valence-corrected chi connectivity index (χ1v) is 7.40. The summed E-state index contributed by atoms with van der Waals surface area (Å²) in [7, 11) is 1.86. The molecule has 2 aromatic rings. The van der Waals surface area contributed by atoms with E-state index in [2.05, 4.69) is 4.72 Å². The molecule has 5 heteroatoms. The Morgan fingerprint density at radius 3 is 2.05 bits per heavy atom. The van der Waals surface area contributed by atoms with Crippen LogP contribution in [0.25, 0.3) is 0 Å². The topological polar surface area (TPSA) is 49.4 Å². The summed E-state index contributed by atoms with van der Waals surface area (Å²) in [4.78, 5) is 26.9. The van der Waals surface area contributed by atoms with Crippen molar-refractivity contribution in [1.82, 2.24) is 9.62 Å². The summed E-state index contributed by atoms with van der Waals surface area (Å²) in [6.07, 6.45) is 0. The molecule has 0 bridgehead atoms. The van der Waals surface area contributed by atoms with E-state index in [1.807, 2.05) is 31.3 Å². The van der Waals surface area contributed by atoms with Crippen molar-refractivity contribution in [3.8, 4) is 0 Å². The highest BCUT2D eigenvalue weighted by atomic mass is 32.2. The van der Waals surface area contributed by atoms with Gasteiger partial charge in [-0.3, -0.25) is 19.2 Å². The summed E-state index contributed by atoms with van der Waals surface area (Å²) >= 11 is 1.52. The van der Waals surface area contributed by atoms with Crippen LogP contribution in [0.4, 0.5) is 0 Å². The van der Waals surface area contributed by atoms with Crippen molar-refractivity contribution < 1.29 is 9.59 Å². The molecule has 0 fully saturated rings. The first kappa shape index (κ1) is 13.9. The molecule has 1 aliphatic heterocycles. The SMILES string of the molecule is CNSc1ccc(CN2C(=O)c3ccccc3C2=O)cc1. The van der Waals surface area contributed by atoms with E-state index in [9.17, 15) is 9.59 Å². The number of fused-ring (bicyclic) bond motifs is 1. The minimum absolute atomic E-state index is 0.218. The maximum Gasteiger partial charge on any atom is 0.261 e. The van der Waals surface area contributed by atoms with Crippen molar-refractivity contribution in [2.24, 2.45) is 0 Å². The van der Waals surface area contributed by atoms with E-state index in [-0.39, 0.29) is 11.8 Å². The predicted octanol–water partition coefficient (Wildman–Crippen LogP) is 2.71. The van der Waals surface area contributed by atoms with Crippen LogP contribution in [0.3, 0.4) is 0 Å². The molecule has 1 N–H and O–H groups in total. The van der Waals surface area contributed by atoms with Crippen LogP contribution in [0.15, 0.2) is 53.4 Å². The molecule has 0 radical (unpaired) electrons. The lowest BCUT2D eigenvalue weighted by Gasteiger charge is -2.14. The molecule has 1 heterocycles. The number of carbonyl (C=O) groups excluding carboxylic acids is 2. The first-order valence-electron chi connectivity index (χ1n) is 6.58. The highest BCUT2D eigenvalue weighted by Gasteiger charge is 2.34. The second kappa shape index (κ2) is 5.71. The largest absolute Gasteiger partial charge is 0.270 e. The van der Waals surface area contributed by atoms with E-state index in [1.165, 1.54) is 16.8 Å². The van der Waals surface area contributed by atoms with Crippen LogP contribution >= 0.6 is 11.9 Å². The third-order valence-corrected chi connectivity index (χ3v) is 4.07. The zero-order chi connectivity index (χ0) is 14.8. The van der Waals surface area contributed by atoms with Gasteiger partial charge in [0.15, 0.2) is 0 Å². The quantitative estimate of drug-likeness (QED) is 0.696. The fraction of sp³-hybridized carbons (Fsp3) is 0.125. The number of hydrogen-bond acceptors (Lipinski definition) is 4. The number of imide groups is 1. The number of rotatable bonds is 4. The Hall–Kier alpha value is -2.11. The van der Waals surface area contributed by atoms with Gasteiger partial charge in [0.25, 0.3) is 11.8 Å². The van der Waals surface area contributed by atoms with Gasteiger partial charge in [-0.05, 0) is 48.8 Å². The van der Waals surface area contributed by atoms with Gasteiger partial charge in [0, 0.05) is 4.90 Å². The molecule has 0 unspecified atom stereocenters. The van der Waals surface area contributed by atoms with Crippen molar-refractivity contribution >= 4 is 23.8 Å². The average molecular weight is 298 g/mol. The third kappa shape index (κ3) is 2.57. The van der Waals surface area contributed by atoms with E-state index in [4.69, 9.17) is 0 Å². The molecule has 2 amide bonds. The lowest BCUT2D eigenvalue weighted by atomic mass is 10.1. The van der Waals surface area contributed by atoms with Gasteiger partial charge in [0.1, 0.15) is 0 Å². The summed E-state index contributed by atoms with van der Waals surface area (Å²) in [5.74, 6) is -0.437. The summed E-state index contributed by atoms with van der Waals surface area (Å²) < 4.78 is 3.00. The van der Waals surface area contributed by atoms with Gasteiger partial charge in [-0.25, -0.2) is 0 Å². The molecule has 1 aliphatic rings. The van der Waals surface area contributed by atoms with Gasteiger partial charge in [0.2, 0.25) is 0 Å². The van der Waals surface area contributed by atoms with Crippen LogP contribution in [0.1, 0.15) is 26.3 Å². The maximum absolute atomic E-state index is 12.3. The minimum Gasteiger partial charge on any atom is -0.270 e. The van der Waals surface area contributed by atoms with Crippen LogP contribution in [-0.2, 0) is 6.54 Å². The maximum atomic E-state index is 12.3. The molecule has 21 heavy (non-hydrogen) atoms. The zero-order valence-electron chi connectivity index (χ0n) is 11.5. The van der Waals surface area contributed by atoms with Crippen molar-refractivity contribution in [2.75, 3.05) is 7.05 Å². The number of nitrogens with one attached hydrogen (secondary N) is 1. The first-order chi connectivity index (χ1) is 10.2. The van der Waals surface area contributed by atoms with Crippen molar-refractivity contribution in [1.29, 1.82) is 0 Å². The van der Waals surface area contributed by atoms with Gasteiger partial charge in [-0.2, -0.15) is 0 Å². The standard InChI is InChI=1S/C16H14N2O2S/c1-17-21-12-8-6-11(7-9-12)10-18-15(19)13-4-2-3-5-14(13)16(18)20/h2-9,17H,10H2,1H3. The molecule has 0 spiro atoms. The van der Waals surface area contributed by atoms with Gasteiger partial charge in [0.05, 0.1) is 17.7 Å². The molecular formula is C16H14N2O2S. The Bertz CT molecular complexity index is 663. The monoisotopic (exact) mass is 298 g/mol. The molecule has 0 atom stereocenters. The molecule has 0 aromatic heterocycles. The second-order valence-corrected chi connectivity index (χ2v) is 5.78. The van der Waals surface area contributed by atoms with Crippen LogP contribution < -0.4 is 4.72 Å². The summed E-state index contributed by atoms with van der Waals surface area (Å²) in [6.45, 7) is 0.302. The smallest absolute Gasteiger partial charge is 0.261 e. The van der Waals surface area contributed by atoms with Crippen molar-refractivity contribution in [3.05, 3.63) is 65.2 Å². The van der Waals surface area contributed by atoms with E-state index < -0.39 is 0 Å². The molecule has 106 valence electrons. The molecule has 4 nitrogen and oxygen atoms in total. The molecule has 0 aliphatic carbocycles. The van der Waals surface area contributed by atoms with Crippen LogP contribution in [0.2, 0.25) is 0 Å². The van der Waals surface area contributed by atoms with E-state index in [0.717, 1.165) is 10.5 Å². The summed E-state index contributed by atoms with van der Waals surface area (Å²) in [6, 6.07) is 14.7.